The topological polar surface area (TPSA) is 30.0 Å². The molecule has 0 radical (unpaired) electrons. The second-order valence-corrected chi connectivity index (χ2v) is 9.50. The van der Waals surface area contributed by atoms with Gasteiger partial charge in [0.1, 0.15) is 0 Å². The zero-order valence-corrected chi connectivity index (χ0v) is 15.6. The van der Waals surface area contributed by atoms with Crippen molar-refractivity contribution in [1.82, 2.24) is 14.7 Å². The van der Waals surface area contributed by atoms with E-state index in [1.807, 2.05) is 0 Å². The Bertz CT molecular complexity index is 485. The number of hydrogen-bond donors (Lipinski definition) is 1. The Hall–Kier alpha value is -0.300. The van der Waals surface area contributed by atoms with E-state index >= 15 is 0 Å². The fourth-order valence-electron chi connectivity index (χ4n) is 5.81. The van der Waals surface area contributed by atoms with Crippen LogP contribution in [0, 0.1) is 5.92 Å². The summed E-state index contributed by atoms with van der Waals surface area (Å²) in [7, 11) is 0. The molecule has 0 amide bonds. The van der Waals surface area contributed by atoms with Crippen LogP contribution in [-0.2, 0) is 0 Å². The quantitative estimate of drug-likeness (QED) is 0.837. The first kappa shape index (κ1) is 18.1. The van der Waals surface area contributed by atoms with Gasteiger partial charge in [-0.05, 0) is 25.2 Å². The van der Waals surface area contributed by atoms with Crippen molar-refractivity contribution in [3.8, 4) is 0 Å². The van der Waals surface area contributed by atoms with E-state index in [1.165, 1.54) is 0 Å². The highest BCUT2D eigenvalue weighted by atomic mass is 19.3. The lowest BCUT2D eigenvalue weighted by Crippen LogP contribution is -2.79. The van der Waals surface area contributed by atoms with Crippen molar-refractivity contribution in [1.29, 1.82) is 0 Å². The number of piperazine rings is 1. The van der Waals surface area contributed by atoms with Crippen LogP contribution in [0.4, 0.5) is 8.78 Å². The van der Waals surface area contributed by atoms with E-state index in [-0.39, 0.29) is 24.5 Å². The molecule has 1 saturated carbocycles. The first-order chi connectivity index (χ1) is 11.8. The molecule has 3 saturated heterocycles. The third kappa shape index (κ3) is 3.47. The summed E-state index contributed by atoms with van der Waals surface area (Å²) in [6, 6.07) is 0.789. The lowest BCUT2D eigenvalue weighted by atomic mass is 9.80. The van der Waals surface area contributed by atoms with Crippen molar-refractivity contribution in [2.45, 2.75) is 75.6 Å². The van der Waals surface area contributed by atoms with Gasteiger partial charge >= 0.3 is 0 Å². The Morgan fingerprint density at radius 1 is 1.04 bits per heavy atom. The molecule has 4 nitrogen and oxygen atoms in total. The number of nitrogens with zero attached hydrogens (tertiary/aromatic N) is 3. The number of aliphatic hydroxyl groups is 1. The van der Waals surface area contributed by atoms with Crippen molar-refractivity contribution in [3.05, 3.63) is 0 Å². The molecule has 3 aliphatic heterocycles. The minimum Gasteiger partial charge on any atom is -0.392 e. The van der Waals surface area contributed by atoms with E-state index in [0.29, 0.717) is 30.8 Å². The molecular weight excluding hydrogens is 324 g/mol. The average Bonchev–Trinajstić information content (AvgIpc) is 2.84. The molecule has 1 aliphatic carbocycles. The summed E-state index contributed by atoms with van der Waals surface area (Å²) >= 11 is 0. The predicted octanol–water partition coefficient (Wildman–Crippen LogP) is 2.03. The highest BCUT2D eigenvalue weighted by Gasteiger charge is 2.57. The third-order valence-electron chi connectivity index (χ3n) is 6.81. The van der Waals surface area contributed by atoms with Crippen molar-refractivity contribution in [2.75, 3.05) is 39.3 Å². The second kappa shape index (κ2) is 6.39. The minimum absolute atomic E-state index is 0.0473. The monoisotopic (exact) mass is 357 g/mol. The van der Waals surface area contributed by atoms with Crippen molar-refractivity contribution in [2.24, 2.45) is 5.92 Å². The lowest BCUT2D eigenvalue weighted by Gasteiger charge is -2.63. The molecule has 3 heterocycles. The standard InChI is InChI=1S/C19H33F2N3O/c1-14(2)8-22-9-16-7-17(25)10-24(16)18(11-22)12-23(13-18)15-3-5-19(20,21)6-4-15/h14-17,25H,3-13H2,1-2H3/t16-,17+/m0/s1. The van der Waals surface area contributed by atoms with Crippen LogP contribution in [0.3, 0.4) is 0 Å². The molecule has 4 aliphatic rings. The number of hydrogen-bond acceptors (Lipinski definition) is 4. The van der Waals surface area contributed by atoms with Gasteiger partial charge in [-0.25, -0.2) is 8.78 Å². The molecule has 0 aromatic heterocycles. The third-order valence-corrected chi connectivity index (χ3v) is 6.81. The van der Waals surface area contributed by atoms with Crippen LogP contribution in [0.15, 0.2) is 0 Å². The molecule has 6 heteroatoms. The van der Waals surface area contributed by atoms with Crippen LogP contribution in [-0.4, -0.2) is 88.7 Å². The highest BCUT2D eigenvalue weighted by Crippen LogP contribution is 2.43. The molecule has 4 fully saturated rings. The van der Waals surface area contributed by atoms with Gasteiger partial charge in [0.15, 0.2) is 0 Å². The van der Waals surface area contributed by atoms with Gasteiger partial charge in [-0.3, -0.25) is 14.7 Å². The Labute approximate surface area is 150 Å². The van der Waals surface area contributed by atoms with E-state index < -0.39 is 5.92 Å². The van der Waals surface area contributed by atoms with Gasteiger partial charge in [-0.15, -0.1) is 0 Å². The van der Waals surface area contributed by atoms with Crippen LogP contribution in [0.25, 0.3) is 0 Å². The summed E-state index contributed by atoms with van der Waals surface area (Å²) < 4.78 is 26.9. The molecule has 1 spiro atoms. The maximum absolute atomic E-state index is 13.4. The van der Waals surface area contributed by atoms with E-state index in [9.17, 15) is 13.9 Å². The van der Waals surface area contributed by atoms with Gasteiger partial charge in [-0.2, -0.15) is 0 Å². The molecule has 0 aromatic carbocycles. The maximum atomic E-state index is 13.4. The van der Waals surface area contributed by atoms with Crippen LogP contribution in [0.2, 0.25) is 0 Å². The van der Waals surface area contributed by atoms with Gasteiger partial charge < -0.3 is 5.11 Å². The molecule has 0 bridgehead atoms. The van der Waals surface area contributed by atoms with E-state index in [0.717, 1.165) is 45.7 Å². The molecule has 2 atom stereocenters. The van der Waals surface area contributed by atoms with Crippen molar-refractivity contribution >= 4 is 0 Å². The van der Waals surface area contributed by atoms with E-state index in [2.05, 4.69) is 28.5 Å². The fourth-order valence-corrected chi connectivity index (χ4v) is 5.81. The zero-order chi connectivity index (χ0) is 17.8. The lowest BCUT2D eigenvalue weighted by molar-refractivity contribution is -0.141. The van der Waals surface area contributed by atoms with E-state index in [4.69, 9.17) is 0 Å². The minimum atomic E-state index is -2.44. The van der Waals surface area contributed by atoms with Gasteiger partial charge in [0.25, 0.3) is 0 Å². The zero-order valence-electron chi connectivity index (χ0n) is 15.6. The first-order valence-electron chi connectivity index (χ1n) is 10.1. The van der Waals surface area contributed by atoms with Crippen LogP contribution >= 0.6 is 0 Å². The number of halogens is 2. The predicted molar refractivity (Wildman–Crippen MR) is 93.9 cm³/mol. The fraction of sp³-hybridized carbons (Fsp3) is 1.00. The summed E-state index contributed by atoms with van der Waals surface area (Å²) in [6.07, 6.45) is 2.03. The van der Waals surface area contributed by atoms with Gasteiger partial charge in [0, 0.05) is 64.2 Å². The number of β-amino-alcohol motifs (C(OH)–C–C–N with tert-alkyl or cyclic N) is 1. The first-order valence-corrected chi connectivity index (χ1v) is 10.1. The maximum Gasteiger partial charge on any atom is 0.248 e. The molecule has 25 heavy (non-hydrogen) atoms. The SMILES string of the molecule is CC(C)CN1C[C@@H]2C[C@@H](O)CN2C2(C1)CN(C1CCC(F)(F)CC1)C2. The summed E-state index contributed by atoms with van der Waals surface area (Å²) in [5.41, 5.74) is 0.134. The Balaban J connectivity index is 1.42. The average molecular weight is 357 g/mol. The molecule has 0 aromatic rings. The number of fused-ring (bicyclic) bond motifs is 2. The molecule has 1 N–H and O–H groups in total. The van der Waals surface area contributed by atoms with Gasteiger partial charge in [-0.1, -0.05) is 13.8 Å². The van der Waals surface area contributed by atoms with E-state index in [1.54, 1.807) is 0 Å². The van der Waals surface area contributed by atoms with Crippen molar-refractivity contribution in [3.63, 3.8) is 0 Å². The number of aliphatic hydroxyl groups excluding tert-OH is 1. The van der Waals surface area contributed by atoms with Gasteiger partial charge in [0.05, 0.1) is 11.6 Å². The molecule has 0 unspecified atom stereocenters. The molecule has 4 rings (SSSR count). The summed E-state index contributed by atoms with van der Waals surface area (Å²) in [6.45, 7) is 10.5. The van der Waals surface area contributed by atoms with Crippen LogP contribution in [0.1, 0.15) is 46.0 Å². The summed E-state index contributed by atoms with van der Waals surface area (Å²) in [4.78, 5) is 7.58. The molecule has 144 valence electrons. The summed E-state index contributed by atoms with van der Waals surface area (Å²) in [5.74, 6) is -1.80. The largest absolute Gasteiger partial charge is 0.392 e. The molecular formula is C19H33F2N3O. The van der Waals surface area contributed by atoms with Crippen molar-refractivity contribution < 1.29 is 13.9 Å². The number of rotatable bonds is 3. The summed E-state index contributed by atoms with van der Waals surface area (Å²) in [5, 5.41) is 10.2. The smallest absolute Gasteiger partial charge is 0.248 e. The number of alkyl halides is 2. The Kier molecular flexibility index (Phi) is 4.63. The van der Waals surface area contributed by atoms with Crippen LogP contribution in [0.5, 0.6) is 0 Å². The van der Waals surface area contributed by atoms with Crippen LogP contribution < -0.4 is 0 Å². The Morgan fingerprint density at radius 3 is 2.36 bits per heavy atom. The number of likely N-dealkylation sites (tertiary alicyclic amines) is 1. The second-order valence-electron chi connectivity index (χ2n) is 9.50. The Morgan fingerprint density at radius 2 is 1.72 bits per heavy atom. The normalized spacial score (nSPS) is 36.7. The van der Waals surface area contributed by atoms with Gasteiger partial charge in [0.2, 0.25) is 5.92 Å². The highest BCUT2D eigenvalue weighted by molar-refractivity contribution is 5.14.